The second kappa shape index (κ2) is 7.43. The van der Waals surface area contributed by atoms with Crippen molar-refractivity contribution in [2.45, 2.75) is 6.61 Å². The van der Waals surface area contributed by atoms with Crippen LogP contribution in [0.3, 0.4) is 0 Å². The summed E-state index contributed by atoms with van der Waals surface area (Å²) in [5.41, 5.74) is 1.19. The van der Waals surface area contributed by atoms with Crippen LogP contribution in [-0.4, -0.2) is 27.3 Å². The van der Waals surface area contributed by atoms with Crippen molar-refractivity contribution in [2.24, 2.45) is 0 Å². The van der Waals surface area contributed by atoms with Crippen LogP contribution >= 0.6 is 0 Å². The van der Waals surface area contributed by atoms with E-state index in [1.807, 2.05) is 36.4 Å². The minimum Gasteiger partial charge on any atom is -0.435 e. The van der Waals surface area contributed by atoms with Gasteiger partial charge in [0.2, 0.25) is 5.82 Å². The molecule has 3 aromatic carbocycles. The Kier molecular flexibility index (Phi) is 4.67. The first-order valence-electron chi connectivity index (χ1n) is 8.35. The zero-order valence-corrected chi connectivity index (χ0v) is 14.4. The highest BCUT2D eigenvalue weighted by Crippen LogP contribution is 2.20. The molecule has 1 aromatic heterocycles. The Morgan fingerprint density at radius 2 is 1.75 bits per heavy atom. The molecule has 0 atom stereocenters. The third-order valence-corrected chi connectivity index (χ3v) is 4.03. The zero-order chi connectivity index (χ0) is 19.5. The van der Waals surface area contributed by atoms with Gasteiger partial charge in [0.05, 0.1) is 5.69 Å². The smallest absolute Gasteiger partial charge is 0.387 e. The van der Waals surface area contributed by atoms with Crippen molar-refractivity contribution in [3.8, 4) is 11.4 Å². The number of benzene rings is 3. The van der Waals surface area contributed by atoms with Crippen LogP contribution < -0.4 is 10.1 Å². The Morgan fingerprint density at radius 3 is 2.50 bits per heavy atom. The maximum Gasteiger partial charge on any atom is 0.387 e. The molecule has 0 aliphatic carbocycles. The number of amides is 1. The number of ether oxygens (including phenoxy) is 1. The molecule has 6 nitrogen and oxygen atoms in total. The van der Waals surface area contributed by atoms with Gasteiger partial charge in [0.15, 0.2) is 0 Å². The van der Waals surface area contributed by atoms with Crippen molar-refractivity contribution in [1.82, 2.24) is 14.8 Å². The molecule has 0 fully saturated rings. The molecule has 0 saturated heterocycles. The van der Waals surface area contributed by atoms with Gasteiger partial charge in [-0.05, 0) is 47.2 Å². The maximum atomic E-state index is 12.4. The van der Waals surface area contributed by atoms with Gasteiger partial charge < -0.3 is 10.1 Å². The molecular formula is C20H14F2N4O2. The van der Waals surface area contributed by atoms with Crippen LogP contribution in [0.2, 0.25) is 0 Å². The lowest BCUT2D eigenvalue weighted by Crippen LogP contribution is -2.14. The molecular weight excluding hydrogens is 366 g/mol. The number of hydrogen-bond donors (Lipinski definition) is 1. The first-order valence-corrected chi connectivity index (χ1v) is 8.35. The van der Waals surface area contributed by atoms with Crippen molar-refractivity contribution >= 4 is 22.4 Å². The second-order valence-corrected chi connectivity index (χ2v) is 5.90. The predicted molar refractivity (Wildman–Crippen MR) is 99.9 cm³/mol. The predicted octanol–water partition coefficient (Wildman–Crippen LogP) is 4.27. The highest BCUT2D eigenvalue weighted by molar-refractivity contribution is 6.02. The summed E-state index contributed by atoms with van der Waals surface area (Å²) >= 11 is 0. The molecule has 8 heteroatoms. The normalized spacial score (nSPS) is 11.0. The molecule has 1 heterocycles. The van der Waals surface area contributed by atoms with Gasteiger partial charge in [0.1, 0.15) is 12.1 Å². The van der Waals surface area contributed by atoms with E-state index in [0.29, 0.717) is 11.4 Å². The third-order valence-electron chi connectivity index (χ3n) is 4.03. The van der Waals surface area contributed by atoms with Crippen LogP contribution in [0, 0.1) is 0 Å². The number of anilines is 1. The SMILES string of the molecule is O=C(Nc1ccc2ccccc2c1)c1ncn(-c2ccc(OC(F)F)cc2)n1. The number of alkyl halides is 2. The molecule has 0 spiro atoms. The number of carbonyl (C=O) groups excluding carboxylic acids is 1. The molecule has 0 unspecified atom stereocenters. The Labute approximate surface area is 158 Å². The summed E-state index contributed by atoms with van der Waals surface area (Å²) in [5.74, 6) is -0.430. The molecule has 140 valence electrons. The quantitative estimate of drug-likeness (QED) is 0.561. The molecule has 0 radical (unpaired) electrons. The Balaban J connectivity index is 1.49. The summed E-state index contributed by atoms with van der Waals surface area (Å²) in [6, 6.07) is 19.3. The number of hydrogen-bond acceptors (Lipinski definition) is 4. The summed E-state index contributed by atoms with van der Waals surface area (Å²) < 4.78 is 30.1. The fourth-order valence-electron chi connectivity index (χ4n) is 2.73. The van der Waals surface area contributed by atoms with Crippen molar-refractivity contribution in [3.63, 3.8) is 0 Å². The maximum absolute atomic E-state index is 12.4. The fraction of sp³-hybridized carbons (Fsp3) is 0.0500. The van der Waals surface area contributed by atoms with Crippen molar-refractivity contribution < 1.29 is 18.3 Å². The first kappa shape index (κ1) is 17.6. The number of carbonyl (C=O) groups is 1. The summed E-state index contributed by atoms with van der Waals surface area (Å²) in [7, 11) is 0. The van der Waals surface area contributed by atoms with Crippen molar-refractivity contribution in [2.75, 3.05) is 5.32 Å². The summed E-state index contributed by atoms with van der Waals surface area (Å²) in [5, 5.41) is 8.98. The summed E-state index contributed by atoms with van der Waals surface area (Å²) in [4.78, 5) is 16.4. The molecule has 1 N–H and O–H groups in total. The standard InChI is InChI=1S/C20H14F2N4O2/c21-20(22)28-17-9-7-16(8-10-17)26-12-23-18(25-26)19(27)24-15-6-5-13-3-1-2-4-14(13)11-15/h1-12,20H,(H,24,27). The molecule has 28 heavy (non-hydrogen) atoms. The number of nitrogens with zero attached hydrogens (tertiary/aromatic N) is 3. The van der Waals surface area contributed by atoms with E-state index in [-0.39, 0.29) is 11.6 Å². The molecule has 4 rings (SSSR count). The van der Waals surface area contributed by atoms with E-state index in [0.717, 1.165) is 10.8 Å². The molecule has 4 aromatic rings. The van der Waals surface area contributed by atoms with Gasteiger partial charge in [-0.1, -0.05) is 30.3 Å². The van der Waals surface area contributed by atoms with Crippen molar-refractivity contribution in [3.05, 3.63) is 78.9 Å². The van der Waals surface area contributed by atoms with Gasteiger partial charge in [-0.25, -0.2) is 9.67 Å². The van der Waals surface area contributed by atoms with Crippen LogP contribution in [0.25, 0.3) is 16.5 Å². The molecule has 0 bridgehead atoms. The lowest BCUT2D eigenvalue weighted by molar-refractivity contribution is -0.0498. The van der Waals surface area contributed by atoms with Gasteiger partial charge in [0, 0.05) is 5.69 Å². The Bertz CT molecular complexity index is 1130. The largest absolute Gasteiger partial charge is 0.435 e. The number of fused-ring (bicyclic) bond motifs is 1. The number of rotatable bonds is 5. The van der Waals surface area contributed by atoms with E-state index >= 15 is 0 Å². The highest BCUT2D eigenvalue weighted by atomic mass is 19.3. The molecule has 0 aliphatic heterocycles. The van der Waals surface area contributed by atoms with Crippen molar-refractivity contribution in [1.29, 1.82) is 0 Å². The van der Waals surface area contributed by atoms with Crippen LogP contribution in [0.1, 0.15) is 10.6 Å². The van der Waals surface area contributed by atoms with Gasteiger partial charge in [-0.3, -0.25) is 4.79 Å². The summed E-state index contributed by atoms with van der Waals surface area (Å²) in [6.45, 7) is -2.89. The van der Waals surface area contributed by atoms with E-state index in [2.05, 4.69) is 20.1 Å². The van der Waals surface area contributed by atoms with E-state index in [1.54, 1.807) is 6.07 Å². The van der Waals surface area contributed by atoms with Gasteiger partial charge in [0.25, 0.3) is 5.91 Å². The number of halogens is 2. The van der Waals surface area contributed by atoms with Crippen LogP contribution in [0.4, 0.5) is 14.5 Å². The molecule has 0 aliphatic rings. The van der Waals surface area contributed by atoms with E-state index in [9.17, 15) is 13.6 Å². The lowest BCUT2D eigenvalue weighted by Gasteiger charge is -2.06. The third kappa shape index (κ3) is 3.80. The first-order chi connectivity index (χ1) is 13.6. The molecule has 1 amide bonds. The number of aromatic nitrogens is 3. The van der Waals surface area contributed by atoms with Crippen LogP contribution in [0.15, 0.2) is 73.1 Å². The molecule has 0 saturated carbocycles. The minimum absolute atomic E-state index is 0.0129. The zero-order valence-electron chi connectivity index (χ0n) is 14.4. The van der Waals surface area contributed by atoms with Gasteiger partial charge in [-0.2, -0.15) is 8.78 Å². The van der Waals surface area contributed by atoms with E-state index in [4.69, 9.17) is 0 Å². The van der Waals surface area contributed by atoms with Gasteiger partial charge >= 0.3 is 6.61 Å². The second-order valence-electron chi connectivity index (χ2n) is 5.90. The lowest BCUT2D eigenvalue weighted by atomic mass is 10.1. The van der Waals surface area contributed by atoms with Crippen LogP contribution in [0.5, 0.6) is 5.75 Å². The highest BCUT2D eigenvalue weighted by Gasteiger charge is 2.13. The van der Waals surface area contributed by atoms with E-state index in [1.165, 1.54) is 35.3 Å². The Morgan fingerprint density at radius 1 is 1.00 bits per heavy atom. The average molecular weight is 380 g/mol. The monoisotopic (exact) mass is 380 g/mol. The minimum atomic E-state index is -2.89. The number of nitrogens with one attached hydrogen (secondary N) is 1. The topological polar surface area (TPSA) is 69.0 Å². The average Bonchev–Trinajstić information content (AvgIpc) is 3.18. The van der Waals surface area contributed by atoms with Crippen LogP contribution in [-0.2, 0) is 0 Å². The fourth-order valence-corrected chi connectivity index (χ4v) is 2.73. The van der Waals surface area contributed by atoms with E-state index < -0.39 is 12.5 Å². The Hall–Kier alpha value is -3.81. The summed E-state index contributed by atoms with van der Waals surface area (Å²) in [6.07, 6.45) is 1.37. The van der Waals surface area contributed by atoms with Gasteiger partial charge in [-0.15, -0.1) is 5.10 Å².